The molecule has 0 aliphatic heterocycles. The molecule has 1 N–H and O–H groups in total. The number of para-hydroxylation sites is 3. The average molecular weight is 1000 g/mol. The SMILES string of the molecule is CC(C)(C)c1cc(-n2c3ccccc3c3cccc(-c4ccccc4-c4cc(-c5[c-]c(-c6cc(C(C)(C)C)ccn6)ccc5)nc(-c5ccccc5O)c4)c32)cc(C(C)(C)C)c1.[Pt]. The number of hydrogen-bond donors (Lipinski definition) is 1. The van der Waals surface area contributed by atoms with Crippen LogP contribution in [0.2, 0.25) is 0 Å². The summed E-state index contributed by atoms with van der Waals surface area (Å²) in [5.41, 5.74) is 16.2. The molecular formula is C58H54N3OPt-. The van der Waals surface area contributed by atoms with Gasteiger partial charge in [-0.05, 0) is 92.1 Å². The van der Waals surface area contributed by atoms with Gasteiger partial charge in [-0.1, -0.05) is 164 Å². The van der Waals surface area contributed by atoms with Crippen LogP contribution in [-0.2, 0) is 37.3 Å². The van der Waals surface area contributed by atoms with Gasteiger partial charge in [0, 0.05) is 66.2 Å². The molecule has 0 aliphatic carbocycles. The van der Waals surface area contributed by atoms with Crippen LogP contribution in [0.25, 0.3) is 83.5 Å². The maximum atomic E-state index is 11.2. The van der Waals surface area contributed by atoms with Gasteiger partial charge < -0.3 is 9.67 Å². The largest absolute Gasteiger partial charge is 0.507 e. The zero-order valence-corrected chi connectivity index (χ0v) is 39.9. The fourth-order valence-corrected chi connectivity index (χ4v) is 8.54. The molecule has 9 rings (SSSR count). The van der Waals surface area contributed by atoms with E-state index >= 15 is 0 Å². The van der Waals surface area contributed by atoms with Gasteiger partial charge in [0.15, 0.2) is 0 Å². The molecule has 0 saturated heterocycles. The van der Waals surface area contributed by atoms with Gasteiger partial charge in [0.2, 0.25) is 0 Å². The number of phenolic OH excluding ortho intramolecular Hbond substituents is 1. The molecule has 3 heterocycles. The van der Waals surface area contributed by atoms with Crippen molar-refractivity contribution in [3.63, 3.8) is 0 Å². The van der Waals surface area contributed by atoms with Gasteiger partial charge in [-0.2, -0.15) is 0 Å². The number of rotatable bonds is 6. The van der Waals surface area contributed by atoms with Crippen LogP contribution >= 0.6 is 0 Å². The van der Waals surface area contributed by atoms with E-state index in [1.54, 1.807) is 6.07 Å². The minimum Gasteiger partial charge on any atom is -0.507 e. The van der Waals surface area contributed by atoms with Crippen molar-refractivity contribution in [2.45, 2.75) is 78.6 Å². The van der Waals surface area contributed by atoms with Crippen molar-refractivity contribution < 1.29 is 26.2 Å². The summed E-state index contributed by atoms with van der Waals surface area (Å²) in [7, 11) is 0. The first-order valence-electron chi connectivity index (χ1n) is 21.6. The van der Waals surface area contributed by atoms with E-state index in [2.05, 4.69) is 194 Å². The van der Waals surface area contributed by atoms with Crippen molar-refractivity contribution in [2.75, 3.05) is 0 Å². The number of hydrogen-bond acceptors (Lipinski definition) is 3. The second-order valence-corrected chi connectivity index (χ2v) is 19.7. The van der Waals surface area contributed by atoms with Crippen molar-refractivity contribution in [3.8, 4) is 67.5 Å². The van der Waals surface area contributed by atoms with E-state index in [1.165, 1.54) is 33.0 Å². The quantitative estimate of drug-likeness (QED) is 0.169. The van der Waals surface area contributed by atoms with Gasteiger partial charge in [-0.25, -0.2) is 0 Å². The van der Waals surface area contributed by atoms with Crippen molar-refractivity contribution in [1.29, 1.82) is 0 Å². The third-order valence-corrected chi connectivity index (χ3v) is 12.1. The summed E-state index contributed by atoms with van der Waals surface area (Å²) in [6.07, 6.45) is 1.88. The van der Waals surface area contributed by atoms with Gasteiger partial charge in [0.1, 0.15) is 5.75 Å². The molecule has 0 saturated carbocycles. The first-order chi connectivity index (χ1) is 29.5. The molecule has 0 radical (unpaired) electrons. The fourth-order valence-electron chi connectivity index (χ4n) is 8.54. The third-order valence-electron chi connectivity index (χ3n) is 12.1. The van der Waals surface area contributed by atoms with Crippen molar-refractivity contribution in [3.05, 3.63) is 181 Å². The van der Waals surface area contributed by atoms with Gasteiger partial charge in [-0.15, -0.1) is 24.3 Å². The molecule has 6 aromatic carbocycles. The first-order valence-corrected chi connectivity index (χ1v) is 21.6. The second kappa shape index (κ2) is 16.6. The summed E-state index contributed by atoms with van der Waals surface area (Å²) in [5, 5.41) is 13.6. The molecule has 63 heavy (non-hydrogen) atoms. The second-order valence-electron chi connectivity index (χ2n) is 19.7. The Kier molecular flexibility index (Phi) is 11.4. The number of phenols is 1. The maximum Gasteiger partial charge on any atom is 0.124 e. The summed E-state index contributed by atoms with van der Waals surface area (Å²) in [4.78, 5) is 9.99. The molecule has 0 aliphatic rings. The Labute approximate surface area is 387 Å². The molecule has 5 heteroatoms. The summed E-state index contributed by atoms with van der Waals surface area (Å²) >= 11 is 0. The van der Waals surface area contributed by atoms with Crippen molar-refractivity contribution in [1.82, 2.24) is 14.5 Å². The molecule has 318 valence electrons. The molecule has 0 atom stereocenters. The van der Waals surface area contributed by atoms with Crippen LogP contribution in [0, 0.1) is 6.07 Å². The van der Waals surface area contributed by atoms with Gasteiger partial charge >= 0.3 is 0 Å². The molecular weight excluding hydrogens is 950 g/mol. The standard InChI is InChI=1S/C58H54N3O.Pt/c1-56(2,3)40-28-29-59-50(36-40)37-18-16-19-38(30-37)51-31-39(32-52(60-51)49-23-13-15-27-54(49)62)44-20-10-11-21-45(44)47-24-17-25-48-46-22-12-14-26-53(46)61(55(47)48)43-34-41(57(4,5)6)33-42(35-43)58(7,8)9;/h10-29,31-36,62H,1-9H3;/q-1;. The van der Waals surface area contributed by atoms with Crippen LogP contribution < -0.4 is 0 Å². The number of pyridine rings is 2. The van der Waals surface area contributed by atoms with Crippen molar-refractivity contribution >= 4 is 21.8 Å². The molecule has 0 amide bonds. The van der Waals surface area contributed by atoms with Gasteiger partial charge in [0.05, 0.1) is 16.7 Å². The number of benzene rings is 6. The van der Waals surface area contributed by atoms with E-state index < -0.39 is 0 Å². The zero-order valence-electron chi connectivity index (χ0n) is 37.6. The zero-order chi connectivity index (χ0) is 43.6. The summed E-state index contributed by atoms with van der Waals surface area (Å²) in [6.45, 7) is 20.4. The average Bonchev–Trinajstić information content (AvgIpc) is 3.60. The Morgan fingerprint density at radius 3 is 1.71 bits per heavy atom. The molecule has 3 aromatic heterocycles. The van der Waals surface area contributed by atoms with E-state index in [0.717, 1.165) is 56.0 Å². The predicted octanol–water partition coefficient (Wildman–Crippen LogP) is 15.3. The Hall–Kier alpha value is -6.09. The summed E-state index contributed by atoms with van der Waals surface area (Å²) in [6, 6.07) is 57.1. The molecule has 0 bridgehead atoms. The van der Waals surface area contributed by atoms with Crippen LogP contribution in [0.15, 0.2) is 158 Å². The van der Waals surface area contributed by atoms with Crippen LogP contribution in [0.1, 0.15) is 79.0 Å². The minimum absolute atomic E-state index is 0. The van der Waals surface area contributed by atoms with Crippen LogP contribution in [0.4, 0.5) is 0 Å². The topological polar surface area (TPSA) is 50.9 Å². The maximum absolute atomic E-state index is 11.2. The van der Waals surface area contributed by atoms with Gasteiger partial charge in [0.25, 0.3) is 0 Å². The van der Waals surface area contributed by atoms with Crippen LogP contribution in [-0.4, -0.2) is 19.6 Å². The number of aromatic hydroxyl groups is 1. The van der Waals surface area contributed by atoms with E-state index in [4.69, 9.17) is 9.97 Å². The minimum atomic E-state index is -0.0436. The number of nitrogens with zero attached hydrogens (tertiary/aromatic N) is 3. The molecule has 4 nitrogen and oxygen atoms in total. The van der Waals surface area contributed by atoms with E-state index in [1.807, 2.05) is 30.5 Å². The Morgan fingerprint density at radius 2 is 1.03 bits per heavy atom. The normalized spacial score (nSPS) is 12.1. The molecule has 9 aromatic rings. The fraction of sp³-hybridized carbons (Fsp3) is 0.207. The summed E-state index contributed by atoms with van der Waals surface area (Å²) in [5.74, 6) is 0.179. The van der Waals surface area contributed by atoms with Gasteiger partial charge in [-0.3, -0.25) is 9.97 Å². The van der Waals surface area contributed by atoms with E-state index in [0.29, 0.717) is 11.3 Å². The number of fused-ring (bicyclic) bond motifs is 3. The smallest absolute Gasteiger partial charge is 0.124 e. The molecule has 0 fully saturated rings. The van der Waals surface area contributed by atoms with E-state index in [-0.39, 0.29) is 43.1 Å². The molecule has 0 unspecified atom stereocenters. The van der Waals surface area contributed by atoms with E-state index in [9.17, 15) is 5.11 Å². The van der Waals surface area contributed by atoms with Crippen LogP contribution in [0.3, 0.4) is 0 Å². The predicted molar refractivity (Wildman–Crippen MR) is 260 cm³/mol. The van der Waals surface area contributed by atoms with Crippen molar-refractivity contribution in [2.24, 2.45) is 0 Å². The molecule has 0 spiro atoms. The monoisotopic (exact) mass is 1000 g/mol. The Morgan fingerprint density at radius 1 is 0.476 bits per heavy atom. The number of aromatic nitrogens is 3. The first kappa shape index (κ1) is 43.6. The van der Waals surface area contributed by atoms with Crippen LogP contribution in [0.5, 0.6) is 5.75 Å². The Balaban J connectivity index is 0.00000544. The third kappa shape index (κ3) is 8.42. The summed E-state index contributed by atoms with van der Waals surface area (Å²) < 4.78 is 2.48. The Bertz CT molecular complexity index is 3120.